The van der Waals surface area contributed by atoms with Gasteiger partial charge in [-0.3, -0.25) is 14.6 Å². The van der Waals surface area contributed by atoms with Gasteiger partial charge < -0.3 is 19.1 Å². The molecule has 1 spiro atoms. The molecule has 0 radical (unpaired) electrons. The van der Waals surface area contributed by atoms with Gasteiger partial charge in [-0.15, -0.1) is 0 Å². The quantitative estimate of drug-likeness (QED) is 0.559. The lowest BCUT2D eigenvalue weighted by atomic mass is 9.85. The van der Waals surface area contributed by atoms with E-state index in [1.54, 1.807) is 18.1 Å². The number of carbonyl (C=O) groups excluding carboxylic acids is 2. The van der Waals surface area contributed by atoms with Crippen molar-refractivity contribution in [3.63, 3.8) is 0 Å². The second kappa shape index (κ2) is 9.44. The molecule has 0 aromatic heterocycles. The summed E-state index contributed by atoms with van der Waals surface area (Å²) in [6.07, 6.45) is 1.13. The van der Waals surface area contributed by atoms with Crippen molar-refractivity contribution in [1.29, 1.82) is 0 Å². The molecular weight excluding hydrogens is 458 g/mol. The van der Waals surface area contributed by atoms with Crippen LogP contribution in [0.25, 0.3) is 0 Å². The summed E-state index contributed by atoms with van der Waals surface area (Å²) >= 11 is 6.48. The highest BCUT2D eigenvalue weighted by Crippen LogP contribution is 2.40. The van der Waals surface area contributed by atoms with Crippen molar-refractivity contribution < 1.29 is 23.8 Å². The Morgan fingerprint density at radius 2 is 1.74 bits per heavy atom. The van der Waals surface area contributed by atoms with E-state index in [-0.39, 0.29) is 25.3 Å². The number of amides is 3. The number of carbonyl (C=O) groups is 2. The summed E-state index contributed by atoms with van der Waals surface area (Å²) in [5.74, 6) is 1.24. The maximum Gasteiger partial charge on any atom is 0.328 e. The molecule has 3 aliphatic heterocycles. The molecule has 3 aliphatic rings. The Balaban J connectivity index is 1.34. The van der Waals surface area contributed by atoms with Crippen LogP contribution < -0.4 is 9.47 Å². The molecule has 0 atom stereocenters. The van der Waals surface area contributed by atoms with Crippen molar-refractivity contribution in [3.8, 4) is 11.5 Å². The Morgan fingerprint density at radius 1 is 1.03 bits per heavy atom. The van der Waals surface area contributed by atoms with E-state index in [2.05, 4.69) is 4.90 Å². The van der Waals surface area contributed by atoms with Gasteiger partial charge in [-0.25, -0.2) is 4.79 Å². The van der Waals surface area contributed by atoms with Crippen molar-refractivity contribution in [1.82, 2.24) is 14.7 Å². The van der Waals surface area contributed by atoms with Crippen molar-refractivity contribution in [2.24, 2.45) is 0 Å². The molecule has 180 valence electrons. The minimum Gasteiger partial charge on any atom is -0.454 e. The normalized spacial score (nSPS) is 19.5. The number of benzene rings is 2. The smallest absolute Gasteiger partial charge is 0.328 e. The number of halogens is 1. The first kappa shape index (κ1) is 23.0. The fourth-order valence-electron chi connectivity index (χ4n) is 5.03. The van der Waals surface area contributed by atoms with E-state index >= 15 is 0 Å². The molecule has 34 heavy (non-hydrogen) atoms. The van der Waals surface area contributed by atoms with Crippen molar-refractivity contribution >= 4 is 23.5 Å². The molecule has 0 bridgehead atoms. The van der Waals surface area contributed by atoms with Crippen LogP contribution in [0.5, 0.6) is 11.5 Å². The van der Waals surface area contributed by atoms with Gasteiger partial charge in [0.2, 0.25) is 6.79 Å². The standard InChI is InChI=1S/C25H28ClN3O5/c1-32-12-11-28-23(30)25(29(24(28)31)15-18-5-3-2-4-6-18)7-9-27(10-8-25)16-19-13-21-22(14-20(19)26)34-17-33-21/h2-6,13-14H,7-12,15-17H2,1H3. The van der Waals surface area contributed by atoms with Crippen molar-refractivity contribution in [2.45, 2.75) is 31.5 Å². The third kappa shape index (κ3) is 4.10. The van der Waals surface area contributed by atoms with E-state index in [4.69, 9.17) is 25.8 Å². The van der Waals surface area contributed by atoms with Gasteiger partial charge in [-0.05, 0) is 30.0 Å². The number of fused-ring (bicyclic) bond motifs is 1. The summed E-state index contributed by atoms with van der Waals surface area (Å²) in [6, 6.07) is 13.3. The van der Waals surface area contributed by atoms with Gasteiger partial charge in [0.15, 0.2) is 11.5 Å². The van der Waals surface area contributed by atoms with Gasteiger partial charge in [0.05, 0.1) is 13.2 Å². The topological polar surface area (TPSA) is 71.6 Å². The third-order valence-electron chi connectivity index (χ3n) is 6.94. The monoisotopic (exact) mass is 485 g/mol. The van der Waals surface area contributed by atoms with Gasteiger partial charge in [-0.1, -0.05) is 41.9 Å². The average molecular weight is 486 g/mol. The van der Waals surface area contributed by atoms with E-state index < -0.39 is 5.54 Å². The summed E-state index contributed by atoms with van der Waals surface area (Å²) in [4.78, 5) is 32.3. The van der Waals surface area contributed by atoms with Gasteiger partial charge >= 0.3 is 6.03 Å². The molecule has 0 saturated carbocycles. The summed E-state index contributed by atoms with van der Waals surface area (Å²) in [7, 11) is 1.57. The van der Waals surface area contributed by atoms with Crippen molar-refractivity contribution in [3.05, 3.63) is 58.6 Å². The SMILES string of the molecule is COCCN1C(=O)N(Cc2ccccc2)C2(CCN(Cc3cc4c(cc3Cl)OCO4)CC2)C1=O. The number of likely N-dealkylation sites (tertiary alicyclic amines) is 1. The predicted octanol–water partition coefficient (Wildman–Crippen LogP) is 3.51. The Bertz CT molecular complexity index is 1070. The Kier molecular flexibility index (Phi) is 6.38. The first-order chi connectivity index (χ1) is 16.5. The number of methoxy groups -OCH3 is 1. The van der Waals surface area contributed by atoms with Crippen LogP contribution in [-0.2, 0) is 22.6 Å². The summed E-state index contributed by atoms with van der Waals surface area (Å²) in [5, 5.41) is 0.633. The van der Waals surface area contributed by atoms with E-state index in [0.717, 1.165) is 11.1 Å². The van der Waals surface area contributed by atoms with Crippen LogP contribution in [0.4, 0.5) is 4.79 Å². The first-order valence-electron chi connectivity index (χ1n) is 11.5. The number of ether oxygens (including phenoxy) is 3. The summed E-state index contributed by atoms with van der Waals surface area (Å²) in [5.41, 5.74) is 1.13. The maximum absolute atomic E-state index is 13.6. The van der Waals surface area contributed by atoms with Crippen LogP contribution in [0, 0.1) is 0 Å². The minimum atomic E-state index is -0.837. The van der Waals surface area contributed by atoms with Crippen LogP contribution in [0.3, 0.4) is 0 Å². The molecular formula is C25H28ClN3O5. The highest BCUT2D eigenvalue weighted by Gasteiger charge is 2.57. The van der Waals surface area contributed by atoms with Gasteiger partial charge in [-0.2, -0.15) is 0 Å². The van der Waals surface area contributed by atoms with Crippen LogP contribution in [0.1, 0.15) is 24.0 Å². The van der Waals surface area contributed by atoms with E-state index in [9.17, 15) is 9.59 Å². The molecule has 3 heterocycles. The Hall–Kier alpha value is -2.81. The molecule has 0 aliphatic carbocycles. The molecule has 2 aromatic carbocycles. The minimum absolute atomic E-state index is 0.119. The van der Waals surface area contributed by atoms with E-state index in [1.165, 1.54) is 4.90 Å². The average Bonchev–Trinajstić information content (AvgIpc) is 3.37. The van der Waals surface area contributed by atoms with Crippen LogP contribution in [0.15, 0.2) is 42.5 Å². The molecule has 9 heteroatoms. The van der Waals surface area contributed by atoms with Gasteiger partial charge in [0.1, 0.15) is 5.54 Å². The third-order valence-corrected chi connectivity index (χ3v) is 7.29. The number of nitrogens with zero attached hydrogens (tertiary/aromatic N) is 3. The molecule has 2 saturated heterocycles. The molecule has 0 unspecified atom stereocenters. The Labute approximate surface area is 203 Å². The number of rotatable bonds is 7. The van der Waals surface area contributed by atoms with Gasteiger partial charge in [0.25, 0.3) is 5.91 Å². The lowest BCUT2D eigenvalue weighted by Crippen LogP contribution is -2.56. The molecule has 0 N–H and O–H groups in total. The highest BCUT2D eigenvalue weighted by atomic mass is 35.5. The fourth-order valence-corrected chi connectivity index (χ4v) is 5.25. The van der Waals surface area contributed by atoms with Crippen molar-refractivity contribution in [2.75, 3.05) is 40.1 Å². The van der Waals surface area contributed by atoms with E-state index in [0.29, 0.717) is 62.1 Å². The second-order valence-electron chi connectivity index (χ2n) is 8.91. The van der Waals surface area contributed by atoms with E-state index in [1.807, 2.05) is 36.4 Å². The number of piperidine rings is 1. The molecule has 3 amide bonds. The zero-order chi connectivity index (χ0) is 23.7. The number of urea groups is 1. The molecule has 2 fully saturated rings. The summed E-state index contributed by atoms with van der Waals surface area (Å²) < 4.78 is 16.0. The highest BCUT2D eigenvalue weighted by molar-refractivity contribution is 6.31. The zero-order valence-electron chi connectivity index (χ0n) is 19.2. The lowest BCUT2D eigenvalue weighted by Gasteiger charge is -2.42. The Morgan fingerprint density at radius 3 is 2.44 bits per heavy atom. The summed E-state index contributed by atoms with van der Waals surface area (Å²) in [6.45, 7) is 3.18. The number of hydrogen-bond donors (Lipinski definition) is 0. The lowest BCUT2D eigenvalue weighted by molar-refractivity contribution is -0.136. The van der Waals surface area contributed by atoms with Gasteiger partial charge in [0, 0.05) is 44.4 Å². The number of imide groups is 1. The number of hydrogen-bond acceptors (Lipinski definition) is 6. The molecule has 5 rings (SSSR count). The first-order valence-corrected chi connectivity index (χ1v) is 11.9. The maximum atomic E-state index is 13.6. The second-order valence-corrected chi connectivity index (χ2v) is 9.32. The largest absolute Gasteiger partial charge is 0.454 e. The zero-order valence-corrected chi connectivity index (χ0v) is 19.9. The van der Waals surface area contributed by atoms with Crippen LogP contribution in [0.2, 0.25) is 5.02 Å². The van der Waals surface area contributed by atoms with Crippen LogP contribution in [-0.4, -0.2) is 72.3 Å². The molecule has 2 aromatic rings. The van der Waals surface area contributed by atoms with Crippen LogP contribution >= 0.6 is 11.6 Å². The predicted molar refractivity (Wildman–Crippen MR) is 126 cm³/mol. The fraction of sp³-hybridized carbons (Fsp3) is 0.440. The molecule has 8 nitrogen and oxygen atoms in total.